The number of nitrogens with one attached hydrogen (secondary N) is 3. The number of rotatable bonds is 18. The van der Waals surface area contributed by atoms with Crippen molar-refractivity contribution in [1.82, 2.24) is 20.9 Å². The van der Waals surface area contributed by atoms with Crippen LogP contribution in [0.25, 0.3) is 0 Å². The molecule has 4 amide bonds. The molecule has 5 atom stereocenters. The fourth-order valence-electron chi connectivity index (χ4n) is 6.12. The molecule has 1 heterocycles. The lowest BCUT2D eigenvalue weighted by Gasteiger charge is -2.28. The number of benzene rings is 2. The zero-order valence-corrected chi connectivity index (χ0v) is 28.3. The summed E-state index contributed by atoms with van der Waals surface area (Å²) in [4.78, 5) is 68.5. The fraction of sp³-hybridized carbons (Fsp3) is 0.528. The van der Waals surface area contributed by atoms with E-state index in [9.17, 15) is 24.0 Å². The van der Waals surface area contributed by atoms with Crippen molar-refractivity contribution >= 4 is 29.6 Å². The van der Waals surface area contributed by atoms with Crippen LogP contribution in [0.15, 0.2) is 60.7 Å². The van der Waals surface area contributed by atoms with Gasteiger partial charge in [-0.2, -0.15) is 0 Å². The monoisotopic (exact) mass is 677 g/mol. The Morgan fingerprint density at radius 1 is 0.837 bits per heavy atom. The van der Waals surface area contributed by atoms with Gasteiger partial charge < -0.3 is 42.8 Å². The van der Waals surface area contributed by atoms with E-state index in [1.807, 2.05) is 60.7 Å². The Hall–Kier alpha value is -4.33. The number of hydrogen-bond donors (Lipinski definition) is 6. The number of amides is 4. The Kier molecular flexibility index (Phi) is 13.7. The van der Waals surface area contributed by atoms with Gasteiger partial charge in [0.25, 0.3) is 0 Å². The highest BCUT2D eigenvalue weighted by Crippen LogP contribution is 2.33. The van der Waals surface area contributed by atoms with Gasteiger partial charge in [-0.3, -0.25) is 19.2 Å². The molecule has 2 fully saturated rings. The molecule has 2 aromatic carbocycles. The quantitative estimate of drug-likeness (QED) is 0.0944. The predicted octanol–water partition coefficient (Wildman–Crippen LogP) is 0.285. The van der Waals surface area contributed by atoms with Gasteiger partial charge in [-0.1, -0.05) is 73.5 Å². The van der Waals surface area contributed by atoms with E-state index < -0.39 is 53.4 Å². The molecule has 0 radical (unpaired) electrons. The molecule has 0 aromatic heterocycles. The number of nitrogens with two attached hydrogens (primary N) is 3. The minimum atomic E-state index is -1.32. The molecule has 13 heteroatoms. The van der Waals surface area contributed by atoms with E-state index in [0.717, 1.165) is 24.0 Å². The van der Waals surface area contributed by atoms with Crippen LogP contribution in [-0.4, -0.2) is 90.9 Å². The molecule has 9 N–H and O–H groups in total. The lowest BCUT2D eigenvalue weighted by Crippen LogP contribution is -2.59. The third-order valence-electron chi connectivity index (χ3n) is 9.22. The van der Waals surface area contributed by atoms with Crippen molar-refractivity contribution in [3.63, 3.8) is 0 Å². The fourth-order valence-corrected chi connectivity index (χ4v) is 6.12. The number of methoxy groups -OCH3 is 1. The second-order valence-electron chi connectivity index (χ2n) is 13.3. The lowest BCUT2D eigenvalue weighted by molar-refractivity contribution is -0.147. The van der Waals surface area contributed by atoms with Gasteiger partial charge in [0.1, 0.15) is 23.7 Å². The number of carbonyl (C=O) groups excluding carboxylic acids is 5. The molecule has 1 aliphatic heterocycles. The van der Waals surface area contributed by atoms with E-state index in [2.05, 4.69) is 16.0 Å². The zero-order valence-electron chi connectivity index (χ0n) is 28.3. The summed E-state index contributed by atoms with van der Waals surface area (Å²) >= 11 is 0. The van der Waals surface area contributed by atoms with Crippen LogP contribution in [0, 0.1) is 5.92 Å². The molecule has 49 heavy (non-hydrogen) atoms. The molecule has 1 saturated carbocycles. The van der Waals surface area contributed by atoms with Gasteiger partial charge in [0.2, 0.25) is 23.6 Å². The standard InChI is InChI=1S/C36H51N7O6/c1-49-35(48)36(39)17-19-43(23-36)34(47)28(14-8-9-18-37)40-32(45)30(22-26-15-16-26)42-33(46)29(21-25-12-6-3-7-13-25)41-31(44)27(38)20-24-10-4-2-5-11-24/h2-7,10-13,26-30H,8-9,14-23,37-39H2,1H3,(H,40,45)(H,41,44)(H,42,46)/t27-,28-,29-,30-,36?/m1/s1. The first-order valence-electron chi connectivity index (χ1n) is 17.1. The molecule has 0 bridgehead atoms. The molecule has 1 saturated heterocycles. The van der Waals surface area contributed by atoms with E-state index in [1.54, 1.807) is 0 Å². The SMILES string of the molecule is COC(=O)C1(N)CCN(C(=O)[C@@H](CCCCN)NC(=O)[C@@H](CC2CC2)NC(=O)[C@@H](Cc2ccccc2)NC(=O)[C@H](N)Cc2ccccc2)C1. The molecule has 0 spiro atoms. The van der Waals surface area contributed by atoms with Crippen LogP contribution in [0.5, 0.6) is 0 Å². The van der Waals surface area contributed by atoms with Crippen LogP contribution < -0.4 is 33.2 Å². The predicted molar refractivity (Wildman–Crippen MR) is 184 cm³/mol. The van der Waals surface area contributed by atoms with Gasteiger partial charge in [0, 0.05) is 19.5 Å². The summed E-state index contributed by atoms with van der Waals surface area (Å²) in [5.41, 5.74) is 18.6. The van der Waals surface area contributed by atoms with Gasteiger partial charge in [0.15, 0.2) is 0 Å². The average Bonchev–Trinajstić information content (AvgIpc) is 3.84. The van der Waals surface area contributed by atoms with Crippen molar-refractivity contribution in [3.8, 4) is 0 Å². The highest BCUT2D eigenvalue weighted by atomic mass is 16.5. The smallest absolute Gasteiger partial charge is 0.327 e. The molecule has 266 valence electrons. The van der Waals surface area contributed by atoms with E-state index in [1.165, 1.54) is 12.0 Å². The van der Waals surface area contributed by atoms with Crippen molar-refractivity contribution in [3.05, 3.63) is 71.8 Å². The van der Waals surface area contributed by atoms with Gasteiger partial charge >= 0.3 is 5.97 Å². The Morgan fingerprint density at radius 3 is 2.00 bits per heavy atom. The van der Waals surface area contributed by atoms with Crippen molar-refractivity contribution < 1.29 is 28.7 Å². The van der Waals surface area contributed by atoms with Crippen molar-refractivity contribution in [2.75, 3.05) is 26.7 Å². The van der Waals surface area contributed by atoms with Gasteiger partial charge in [-0.25, -0.2) is 4.79 Å². The summed E-state index contributed by atoms with van der Waals surface area (Å²) in [5, 5.41) is 8.59. The first kappa shape index (κ1) is 37.5. The molecular formula is C36H51N7O6. The second-order valence-corrected chi connectivity index (χ2v) is 13.3. The largest absolute Gasteiger partial charge is 0.468 e. The van der Waals surface area contributed by atoms with Gasteiger partial charge in [0.05, 0.1) is 13.2 Å². The van der Waals surface area contributed by atoms with E-state index in [0.29, 0.717) is 38.6 Å². The first-order chi connectivity index (χ1) is 23.5. The zero-order chi connectivity index (χ0) is 35.4. The number of hydrogen-bond acceptors (Lipinski definition) is 9. The van der Waals surface area contributed by atoms with Crippen LogP contribution >= 0.6 is 0 Å². The summed E-state index contributed by atoms with van der Waals surface area (Å²) in [6.07, 6.45) is 4.51. The summed E-state index contributed by atoms with van der Waals surface area (Å²) in [7, 11) is 1.25. The summed E-state index contributed by atoms with van der Waals surface area (Å²) in [5.74, 6) is -2.22. The molecule has 13 nitrogen and oxygen atoms in total. The molecule has 1 unspecified atom stereocenters. The summed E-state index contributed by atoms with van der Waals surface area (Å²) in [6.45, 7) is 0.636. The van der Waals surface area contributed by atoms with E-state index in [-0.39, 0.29) is 37.8 Å². The number of ether oxygens (including phenoxy) is 1. The molecule has 2 aliphatic rings. The molecule has 4 rings (SSSR count). The highest BCUT2D eigenvalue weighted by molar-refractivity contribution is 5.95. The first-order valence-corrected chi connectivity index (χ1v) is 17.1. The number of esters is 1. The van der Waals surface area contributed by atoms with Crippen LogP contribution in [0.3, 0.4) is 0 Å². The van der Waals surface area contributed by atoms with Crippen LogP contribution in [0.1, 0.15) is 56.1 Å². The lowest BCUT2D eigenvalue weighted by atomic mass is 10.0. The summed E-state index contributed by atoms with van der Waals surface area (Å²) in [6, 6.07) is 14.9. The highest BCUT2D eigenvalue weighted by Gasteiger charge is 2.45. The minimum Gasteiger partial charge on any atom is -0.468 e. The summed E-state index contributed by atoms with van der Waals surface area (Å²) < 4.78 is 4.84. The maximum atomic E-state index is 13.9. The van der Waals surface area contributed by atoms with Crippen LogP contribution in [0.2, 0.25) is 0 Å². The van der Waals surface area contributed by atoms with Gasteiger partial charge in [-0.05, 0) is 62.1 Å². The maximum absolute atomic E-state index is 13.9. The maximum Gasteiger partial charge on any atom is 0.327 e. The van der Waals surface area contributed by atoms with E-state index >= 15 is 0 Å². The van der Waals surface area contributed by atoms with Crippen molar-refractivity contribution in [2.24, 2.45) is 23.1 Å². The topological polar surface area (TPSA) is 212 Å². The molecular weight excluding hydrogens is 626 g/mol. The Balaban J connectivity index is 1.48. The number of carbonyl (C=O) groups is 5. The number of likely N-dealkylation sites (tertiary alicyclic amines) is 1. The number of nitrogens with zero attached hydrogens (tertiary/aromatic N) is 1. The van der Waals surface area contributed by atoms with Crippen molar-refractivity contribution in [1.29, 1.82) is 0 Å². The average molecular weight is 678 g/mol. The van der Waals surface area contributed by atoms with Crippen LogP contribution in [-0.2, 0) is 41.6 Å². The van der Waals surface area contributed by atoms with Gasteiger partial charge in [-0.15, -0.1) is 0 Å². The number of unbranched alkanes of at least 4 members (excludes halogenated alkanes) is 1. The normalized spacial score (nSPS) is 19.6. The van der Waals surface area contributed by atoms with E-state index in [4.69, 9.17) is 21.9 Å². The minimum absolute atomic E-state index is 0.0305. The van der Waals surface area contributed by atoms with Crippen LogP contribution in [0.4, 0.5) is 0 Å². The third-order valence-corrected chi connectivity index (χ3v) is 9.22. The Bertz CT molecular complexity index is 1420. The van der Waals surface area contributed by atoms with Crippen molar-refractivity contribution in [2.45, 2.75) is 87.5 Å². The molecule has 2 aromatic rings. The third kappa shape index (κ3) is 11.1. The Labute approximate surface area is 288 Å². The second kappa shape index (κ2) is 17.9. The Morgan fingerprint density at radius 2 is 1.41 bits per heavy atom. The molecule has 1 aliphatic carbocycles.